The van der Waals surface area contributed by atoms with Gasteiger partial charge in [-0.3, -0.25) is 0 Å². The molecule has 38 heavy (non-hydrogen) atoms. The summed E-state index contributed by atoms with van der Waals surface area (Å²) in [6.07, 6.45) is 3.53. The fourth-order valence-electron chi connectivity index (χ4n) is 5.67. The van der Waals surface area contributed by atoms with E-state index in [1.165, 1.54) is 66.1 Å². The Kier molecular flexibility index (Phi) is 11.9. The number of halogens is 2. The Morgan fingerprint density at radius 2 is 1.34 bits per heavy atom. The average molecular weight is 632 g/mol. The van der Waals surface area contributed by atoms with Crippen LogP contribution in [0.5, 0.6) is 0 Å². The number of aryl methyl sites for hydroxylation is 1. The maximum atomic E-state index is 2.47. The molecule has 0 aromatic heterocycles. The first kappa shape index (κ1) is 32.4. The summed E-state index contributed by atoms with van der Waals surface area (Å²) in [4.78, 5) is 0. The maximum Gasteiger partial charge on any atom is 3.00 e. The van der Waals surface area contributed by atoms with Crippen molar-refractivity contribution in [2.45, 2.75) is 46.2 Å². The van der Waals surface area contributed by atoms with Gasteiger partial charge in [-0.1, -0.05) is 110 Å². The molecule has 1 aliphatic carbocycles. The third kappa shape index (κ3) is 5.71. The van der Waals surface area contributed by atoms with Gasteiger partial charge in [0.05, 0.1) is 0 Å². The van der Waals surface area contributed by atoms with Gasteiger partial charge in [-0.05, 0) is 53.6 Å². The van der Waals surface area contributed by atoms with Crippen molar-refractivity contribution in [3.05, 3.63) is 118 Å². The zero-order chi connectivity index (χ0) is 24.5. The Labute approximate surface area is 262 Å². The fraction of sp³-hybridized carbons (Fsp3) is 0.206. The predicted octanol–water partition coefficient (Wildman–Crippen LogP) is 3.73. The second kappa shape index (κ2) is 14.0. The van der Waals surface area contributed by atoms with E-state index in [0.29, 0.717) is 5.92 Å². The van der Waals surface area contributed by atoms with Gasteiger partial charge in [-0.2, -0.15) is 0 Å². The Balaban J connectivity index is 0.000000809. The first-order valence-electron chi connectivity index (χ1n) is 12.6. The Morgan fingerprint density at radius 3 is 2.08 bits per heavy atom. The molecule has 1 atom stereocenters. The van der Waals surface area contributed by atoms with Crippen LogP contribution in [0.2, 0.25) is 13.1 Å². The van der Waals surface area contributed by atoms with Gasteiger partial charge in [0.15, 0.2) is 0 Å². The molecule has 0 bridgehead atoms. The van der Waals surface area contributed by atoms with Crippen LogP contribution in [0.25, 0.3) is 38.7 Å². The van der Waals surface area contributed by atoms with E-state index in [-0.39, 0.29) is 51.0 Å². The predicted molar refractivity (Wildman–Crippen MR) is 156 cm³/mol. The molecule has 0 heterocycles. The van der Waals surface area contributed by atoms with Crippen molar-refractivity contribution in [1.82, 2.24) is 0 Å². The fourth-order valence-corrected chi connectivity index (χ4v) is 5.67. The molecule has 1 aliphatic rings. The van der Waals surface area contributed by atoms with E-state index in [1.54, 1.807) is 0 Å². The minimum absolute atomic E-state index is 0. The van der Waals surface area contributed by atoms with Crippen LogP contribution >= 0.6 is 0 Å². The monoisotopic (exact) mass is 629 g/mol. The first-order valence-corrected chi connectivity index (χ1v) is 14.6. The quantitative estimate of drug-likeness (QED) is 0.211. The Hall–Kier alpha value is -1.83. The van der Waals surface area contributed by atoms with Gasteiger partial charge in [0.25, 0.3) is 0 Å². The van der Waals surface area contributed by atoms with Crippen molar-refractivity contribution in [1.29, 1.82) is 0 Å². The van der Waals surface area contributed by atoms with E-state index < -0.39 is 0 Å². The summed E-state index contributed by atoms with van der Waals surface area (Å²) in [5.41, 5.74) is 11.2. The second-order valence-corrected chi connectivity index (χ2v) is 10.6. The zero-order valence-corrected chi connectivity index (χ0v) is 27.7. The van der Waals surface area contributed by atoms with Gasteiger partial charge < -0.3 is 24.8 Å². The van der Waals surface area contributed by atoms with Gasteiger partial charge in [0.1, 0.15) is 0 Å². The maximum absolute atomic E-state index is 2.47. The molecule has 0 amide bonds. The molecule has 0 nitrogen and oxygen atoms in total. The zero-order valence-electron chi connectivity index (χ0n) is 22.7. The molecule has 191 valence electrons. The van der Waals surface area contributed by atoms with Crippen LogP contribution in [-0.2, 0) is 26.2 Å². The minimum Gasteiger partial charge on any atom is -1.00 e. The van der Waals surface area contributed by atoms with E-state index >= 15 is 0 Å². The number of hydrogen-bond donors (Lipinski definition) is 0. The molecule has 0 N–H and O–H groups in total. The molecule has 6 rings (SSSR count). The Morgan fingerprint density at radius 1 is 0.737 bits per heavy atom. The molecular formula is C34H33Cl2SiZr. The van der Waals surface area contributed by atoms with E-state index in [9.17, 15) is 0 Å². The molecule has 4 heteroatoms. The SMILES string of the molecule is CCC1=Cc2c(-c3cccc(C)c3C)cccc2C1c1cccc2c1[cH-]c1ccccc12.C[Si]C.[Cl-].[Cl-].[Zr+3]. The summed E-state index contributed by atoms with van der Waals surface area (Å²) in [6.45, 7) is 11.1. The summed E-state index contributed by atoms with van der Waals surface area (Å²) >= 11 is 0. The van der Waals surface area contributed by atoms with Gasteiger partial charge in [0, 0.05) is 15.4 Å². The standard InChI is InChI=1S/C32H27.C2H6Si.2ClH.Zr/c1-4-22-18-30-26(24-13-7-10-20(2)21(24)3)14-8-16-28(30)32(22)29-17-9-15-27-25-12-6-5-11-23(25)19-31(27)29;1-3-2;;;/h5-19,32H,4H2,1-3H3;1-2H3;2*1H;/q-1;;;;+3/p-2. The van der Waals surface area contributed by atoms with Gasteiger partial charge in [0.2, 0.25) is 0 Å². The number of allylic oxidation sites excluding steroid dienone is 1. The molecule has 0 aliphatic heterocycles. The van der Waals surface area contributed by atoms with E-state index in [1.807, 2.05) is 0 Å². The topological polar surface area (TPSA) is 0 Å². The molecule has 0 spiro atoms. The second-order valence-electron chi connectivity index (χ2n) is 9.60. The van der Waals surface area contributed by atoms with Crippen LogP contribution in [-0.4, -0.2) is 9.52 Å². The van der Waals surface area contributed by atoms with E-state index in [2.05, 4.69) is 125 Å². The van der Waals surface area contributed by atoms with Gasteiger partial charge in [-0.15, -0.1) is 33.7 Å². The van der Waals surface area contributed by atoms with E-state index in [0.717, 1.165) is 15.9 Å². The number of fused-ring (bicyclic) bond motifs is 4. The van der Waals surface area contributed by atoms with Crippen LogP contribution in [0.3, 0.4) is 0 Å². The molecular weight excluding hydrogens is 599 g/mol. The van der Waals surface area contributed by atoms with Crippen molar-refractivity contribution in [2.24, 2.45) is 0 Å². The van der Waals surface area contributed by atoms with Crippen molar-refractivity contribution >= 4 is 37.1 Å². The van der Waals surface area contributed by atoms with Crippen LogP contribution in [0.15, 0.2) is 90.5 Å². The smallest absolute Gasteiger partial charge is 1.00 e. The summed E-state index contributed by atoms with van der Waals surface area (Å²) < 4.78 is 0. The summed E-state index contributed by atoms with van der Waals surface area (Å²) in [6, 6.07) is 31.6. The average Bonchev–Trinajstić information content (AvgIpc) is 3.44. The van der Waals surface area contributed by atoms with Crippen LogP contribution in [0, 0.1) is 13.8 Å². The molecule has 5 aromatic rings. The number of rotatable bonds is 3. The van der Waals surface area contributed by atoms with Gasteiger partial charge in [-0.25, -0.2) is 0 Å². The third-order valence-electron chi connectivity index (χ3n) is 7.46. The minimum atomic E-state index is 0. The summed E-state index contributed by atoms with van der Waals surface area (Å²) in [7, 11) is 1.08. The number of benzene rings is 4. The normalized spacial score (nSPS) is 13.4. The molecule has 5 aromatic carbocycles. The largest absolute Gasteiger partial charge is 3.00 e. The summed E-state index contributed by atoms with van der Waals surface area (Å²) in [5.74, 6) is 0.320. The molecule has 0 saturated carbocycles. The van der Waals surface area contributed by atoms with Crippen molar-refractivity contribution in [3.63, 3.8) is 0 Å². The van der Waals surface area contributed by atoms with Crippen LogP contribution in [0.4, 0.5) is 0 Å². The van der Waals surface area contributed by atoms with Gasteiger partial charge >= 0.3 is 26.2 Å². The van der Waals surface area contributed by atoms with Crippen molar-refractivity contribution in [2.75, 3.05) is 0 Å². The molecule has 3 radical (unpaired) electrons. The van der Waals surface area contributed by atoms with Crippen molar-refractivity contribution in [3.8, 4) is 11.1 Å². The first-order chi connectivity index (χ1) is 17.1. The third-order valence-corrected chi connectivity index (χ3v) is 7.46. The number of hydrogen-bond acceptors (Lipinski definition) is 0. The van der Waals surface area contributed by atoms with Crippen molar-refractivity contribution < 1.29 is 51.0 Å². The van der Waals surface area contributed by atoms with E-state index in [4.69, 9.17) is 0 Å². The summed E-state index contributed by atoms with van der Waals surface area (Å²) in [5, 5.41) is 5.45. The molecule has 0 fully saturated rings. The molecule has 0 saturated heterocycles. The van der Waals surface area contributed by atoms with Crippen LogP contribution < -0.4 is 24.8 Å². The van der Waals surface area contributed by atoms with Crippen LogP contribution in [0.1, 0.15) is 47.1 Å². The Bertz CT molecular complexity index is 1560. The molecule has 1 unspecified atom stereocenters.